The summed E-state index contributed by atoms with van der Waals surface area (Å²) < 4.78 is 23.1. The van der Waals surface area contributed by atoms with Crippen LogP contribution in [-0.4, -0.2) is 44.7 Å². The van der Waals surface area contributed by atoms with Crippen molar-refractivity contribution in [2.75, 3.05) is 30.9 Å². The summed E-state index contributed by atoms with van der Waals surface area (Å²) >= 11 is 1.73. The van der Waals surface area contributed by atoms with Gasteiger partial charge in [-0.1, -0.05) is 12.1 Å². The predicted octanol–water partition coefficient (Wildman–Crippen LogP) is 1.65. The number of anilines is 1. The summed E-state index contributed by atoms with van der Waals surface area (Å²) in [5.74, 6) is 0.488. The number of sulfone groups is 1. The minimum atomic E-state index is -3.48. The number of thioether (sulfide) groups is 1. The van der Waals surface area contributed by atoms with E-state index < -0.39 is 20.5 Å². The maximum absolute atomic E-state index is 12.6. The minimum Gasteiger partial charge on any atom is -0.325 e. The van der Waals surface area contributed by atoms with E-state index in [4.69, 9.17) is 0 Å². The molecule has 1 heterocycles. The average molecular weight is 342 g/mol. The molecule has 7 heteroatoms. The van der Waals surface area contributed by atoms with Crippen molar-refractivity contribution >= 4 is 33.2 Å². The highest BCUT2D eigenvalue weighted by atomic mass is 32.2. The molecule has 0 radical (unpaired) electrons. The lowest BCUT2D eigenvalue weighted by Gasteiger charge is -2.34. The number of rotatable bonds is 5. The van der Waals surface area contributed by atoms with Crippen LogP contribution in [-0.2, 0) is 20.4 Å². The zero-order valence-electron chi connectivity index (χ0n) is 12.9. The number of hydrogen-bond donors (Lipinski definition) is 2. The van der Waals surface area contributed by atoms with Gasteiger partial charge in [-0.15, -0.1) is 0 Å². The molecular weight excluding hydrogens is 320 g/mol. The van der Waals surface area contributed by atoms with Gasteiger partial charge in [-0.05, 0) is 49.9 Å². The highest BCUT2D eigenvalue weighted by Crippen LogP contribution is 2.29. The molecular formula is C15H22N2O3S2. The SMILES string of the molecule is CSCc1ccc(NC(=O)C2(S(C)(=O)=O)CCNCC2)cc1. The molecule has 1 aromatic rings. The second kappa shape index (κ2) is 7.02. The third kappa shape index (κ3) is 3.64. The molecule has 5 nitrogen and oxygen atoms in total. The average Bonchev–Trinajstić information content (AvgIpc) is 2.49. The van der Waals surface area contributed by atoms with E-state index in [2.05, 4.69) is 10.6 Å². The smallest absolute Gasteiger partial charge is 0.245 e. The topological polar surface area (TPSA) is 75.3 Å². The normalized spacial score (nSPS) is 17.9. The van der Waals surface area contributed by atoms with Gasteiger partial charge in [-0.3, -0.25) is 4.79 Å². The fourth-order valence-electron chi connectivity index (χ4n) is 2.69. The molecule has 122 valence electrons. The largest absolute Gasteiger partial charge is 0.325 e. The zero-order chi connectivity index (χ0) is 16.2. The van der Waals surface area contributed by atoms with Crippen molar-refractivity contribution in [3.05, 3.63) is 29.8 Å². The molecule has 0 atom stereocenters. The van der Waals surface area contributed by atoms with Gasteiger partial charge >= 0.3 is 0 Å². The Morgan fingerprint density at radius 2 is 1.86 bits per heavy atom. The maximum Gasteiger partial charge on any atom is 0.245 e. The summed E-state index contributed by atoms with van der Waals surface area (Å²) in [5, 5.41) is 5.88. The van der Waals surface area contributed by atoms with Crippen LogP contribution in [0.1, 0.15) is 18.4 Å². The Morgan fingerprint density at radius 1 is 1.27 bits per heavy atom. The molecule has 2 N–H and O–H groups in total. The Labute approximate surface area is 136 Å². The Kier molecular flexibility index (Phi) is 5.52. The first-order valence-electron chi connectivity index (χ1n) is 7.19. The third-order valence-electron chi connectivity index (χ3n) is 4.06. The first-order chi connectivity index (χ1) is 10.4. The van der Waals surface area contributed by atoms with Gasteiger partial charge in [0.2, 0.25) is 5.91 Å². The number of carbonyl (C=O) groups is 1. The third-order valence-corrected chi connectivity index (χ3v) is 6.69. The van der Waals surface area contributed by atoms with E-state index in [0.29, 0.717) is 31.6 Å². The van der Waals surface area contributed by atoms with E-state index in [1.54, 1.807) is 11.8 Å². The van der Waals surface area contributed by atoms with E-state index in [0.717, 1.165) is 12.0 Å². The van der Waals surface area contributed by atoms with Gasteiger partial charge in [0.1, 0.15) is 0 Å². The zero-order valence-corrected chi connectivity index (χ0v) is 14.5. The van der Waals surface area contributed by atoms with Crippen molar-refractivity contribution in [2.45, 2.75) is 23.3 Å². The van der Waals surface area contributed by atoms with E-state index >= 15 is 0 Å². The molecule has 1 aliphatic heterocycles. The Hall–Kier alpha value is -1.05. The predicted molar refractivity (Wildman–Crippen MR) is 92.0 cm³/mol. The van der Waals surface area contributed by atoms with Gasteiger partial charge in [-0.25, -0.2) is 8.42 Å². The van der Waals surface area contributed by atoms with Crippen LogP contribution in [0.15, 0.2) is 24.3 Å². The first kappa shape index (κ1) is 17.3. The summed E-state index contributed by atoms with van der Waals surface area (Å²) in [7, 11) is -3.48. The van der Waals surface area contributed by atoms with Gasteiger partial charge in [-0.2, -0.15) is 11.8 Å². The van der Waals surface area contributed by atoms with Crippen LogP contribution in [0, 0.1) is 0 Å². The molecule has 1 saturated heterocycles. The summed E-state index contributed by atoms with van der Waals surface area (Å²) in [6.45, 7) is 1.07. The summed E-state index contributed by atoms with van der Waals surface area (Å²) in [6, 6.07) is 7.53. The highest BCUT2D eigenvalue weighted by molar-refractivity contribution is 7.97. The summed E-state index contributed by atoms with van der Waals surface area (Å²) in [6.07, 6.45) is 3.80. The van der Waals surface area contributed by atoms with Gasteiger partial charge in [0.15, 0.2) is 14.6 Å². The second-order valence-electron chi connectivity index (χ2n) is 5.60. The monoisotopic (exact) mass is 342 g/mol. The van der Waals surface area contributed by atoms with Crippen LogP contribution in [0.2, 0.25) is 0 Å². The van der Waals surface area contributed by atoms with Crippen LogP contribution in [0.5, 0.6) is 0 Å². The van der Waals surface area contributed by atoms with Gasteiger partial charge in [0, 0.05) is 17.7 Å². The van der Waals surface area contributed by atoms with Crippen molar-refractivity contribution in [1.29, 1.82) is 0 Å². The molecule has 0 aromatic heterocycles. The van der Waals surface area contributed by atoms with E-state index in [-0.39, 0.29) is 0 Å². The molecule has 0 aliphatic carbocycles. The standard InChI is InChI=1S/C15H22N2O3S2/c1-21-11-12-3-5-13(6-4-12)17-14(18)15(22(2,19)20)7-9-16-10-8-15/h3-6,16H,7-11H2,1-2H3,(H,17,18). The van der Waals surface area contributed by atoms with Crippen LogP contribution in [0.25, 0.3) is 0 Å². The molecule has 1 aliphatic rings. The fraction of sp³-hybridized carbons (Fsp3) is 0.533. The van der Waals surface area contributed by atoms with Crippen LogP contribution in [0.4, 0.5) is 5.69 Å². The van der Waals surface area contributed by atoms with Crippen molar-refractivity contribution < 1.29 is 13.2 Å². The first-order valence-corrected chi connectivity index (χ1v) is 10.5. The number of piperidine rings is 1. The molecule has 0 unspecified atom stereocenters. The molecule has 0 spiro atoms. The van der Waals surface area contributed by atoms with E-state index in [1.807, 2.05) is 30.5 Å². The number of amides is 1. The molecule has 0 bridgehead atoms. The summed E-state index contributed by atoms with van der Waals surface area (Å²) in [5.41, 5.74) is 1.81. The lowest BCUT2D eigenvalue weighted by molar-refractivity contribution is -0.119. The number of carbonyl (C=O) groups excluding carboxylic acids is 1. The summed E-state index contributed by atoms with van der Waals surface area (Å²) in [4.78, 5) is 12.6. The van der Waals surface area contributed by atoms with Gasteiger partial charge < -0.3 is 10.6 Å². The lowest BCUT2D eigenvalue weighted by atomic mass is 9.95. The maximum atomic E-state index is 12.6. The number of nitrogens with one attached hydrogen (secondary N) is 2. The fourth-order valence-corrected chi connectivity index (χ4v) is 4.55. The molecule has 1 amide bonds. The van der Waals surface area contributed by atoms with Crippen molar-refractivity contribution in [1.82, 2.24) is 5.32 Å². The Bertz CT molecular complexity index is 621. The number of benzene rings is 1. The molecule has 1 aromatic carbocycles. The molecule has 1 fully saturated rings. The highest BCUT2D eigenvalue weighted by Gasteiger charge is 2.48. The molecule has 2 rings (SSSR count). The van der Waals surface area contributed by atoms with Crippen molar-refractivity contribution in [2.24, 2.45) is 0 Å². The van der Waals surface area contributed by atoms with Crippen LogP contribution in [0.3, 0.4) is 0 Å². The quantitative estimate of drug-likeness (QED) is 0.851. The van der Waals surface area contributed by atoms with Gasteiger partial charge in [0.05, 0.1) is 0 Å². The van der Waals surface area contributed by atoms with E-state index in [9.17, 15) is 13.2 Å². The lowest BCUT2D eigenvalue weighted by Crippen LogP contribution is -2.55. The van der Waals surface area contributed by atoms with Gasteiger partial charge in [0.25, 0.3) is 0 Å². The minimum absolute atomic E-state index is 0.308. The second-order valence-corrected chi connectivity index (χ2v) is 8.79. The number of hydrogen-bond acceptors (Lipinski definition) is 5. The molecule has 0 saturated carbocycles. The van der Waals surface area contributed by atoms with Crippen molar-refractivity contribution in [3.8, 4) is 0 Å². The van der Waals surface area contributed by atoms with E-state index in [1.165, 1.54) is 5.56 Å². The Morgan fingerprint density at radius 3 is 2.36 bits per heavy atom. The molecule has 22 heavy (non-hydrogen) atoms. The van der Waals surface area contributed by atoms with Crippen LogP contribution >= 0.6 is 11.8 Å². The van der Waals surface area contributed by atoms with Crippen LogP contribution < -0.4 is 10.6 Å². The Balaban J connectivity index is 2.18. The van der Waals surface area contributed by atoms with Crippen molar-refractivity contribution in [3.63, 3.8) is 0 Å².